The Morgan fingerprint density at radius 1 is 1.55 bits per heavy atom. The third-order valence-electron chi connectivity index (χ3n) is 3.73. The van der Waals surface area contributed by atoms with E-state index in [4.69, 9.17) is 5.73 Å². The first-order valence-electron chi connectivity index (χ1n) is 7.15. The highest BCUT2D eigenvalue weighted by atomic mass is 32.1. The fourth-order valence-electron chi connectivity index (χ4n) is 2.42. The summed E-state index contributed by atoms with van der Waals surface area (Å²) in [6, 6.07) is 2.31. The Morgan fingerprint density at radius 2 is 2.35 bits per heavy atom. The molecule has 0 saturated heterocycles. The molecule has 0 bridgehead atoms. The summed E-state index contributed by atoms with van der Waals surface area (Å²) in [6.07, 6.45) is 7.90. The van der Waals surface area contributed by atoms with Gasteiger partial charge in [-0.1, -0.05) is 13.3 Å². The van der Waals surface area contributed by atoms with Crippen LogP contribution in [0.2, 0.25) is 0 Å². The van der Waals surface area contributed by atoms with E-state index in [0.717, 1.165) is 42.3 Å². The summed E-state index contributed by atoms with van der Waals surface area (Å²) in [6.45, 7) is 2.99. The number of pyridine rings is 1. The molecule has 1 fully saturated rings. The molecule has 4 nitrogen and oxygen atoms in total. The molecule has 0 aromatic carbocycles. The number of hydrogen-bond acceptors (Lipinski definition) is 4. The highest BCUT2D eigenvalue weighted by Gasteiger charge is 2.34. The van der Waals surface area contributed by atoms with Gasteiger partial charge in [-0.3, -0.25) is 9.78 Å². The van der Waals surface area contributed by atoms with Gasteiger partial charge in [-0.2, -0.15) is 0 Å². The Hall–Kier alpha value is -1.62. The second-order valence-corrected chi connectivity index (χ2v) is 6.35. The van der Waals surface area contributed by atoms with Crippen LogP contribution in [-0.4, -0.2) is 28.4 Å². The van der Waals surface area contributed by atoms with Crippen LogP contribution in [0.5, 0.6) is 0 Å². The second kappa shape index (κ2) is 5.40. The van der Waals surface area contributed by atoms with E-state index in [0.29, 0.717) is 16.6 Å². The number of nitrogens with two attached hydrogens (primary N) is 1. The molecule has 2 aromatic heterocycles. The fourth-order valence-corrected chi connectivity index (χ4v) is 3.47. The first-order chi connectivity index (χ1) is 9.72. The third-order valence-corrected chi connectivity index (χ3v) is 4.87. The number of unbranched alkanes of at least 4 members (excludes halogenated alkanes) is 1. The predicted octanol–water partition coefficient (Wildman–Crippen LogP) is 3.28. The summed E-state index contributed by atoms with van der Waals surface area (Å²) in [5, 5.41) is 0.944. The van der Waals surface area contributed by atoms with Crippen molar-refractivity contribution in [1.29, 1.82) is 0 Å². The Morgan fingerprint density at radius 3 is 3.00 bits per heavy atom. The van der Waals surface area contributed by atoms with E-state index in [-0.39, 0.29) is 5.91 Å². The molecular weight excluding hydrogens is 270 g/mol. The lowest BCUT2D eigenvalue weighted by atomic mass is 10.2. The molecule has 0 unspecified atom stereocenters. The average molecular weight is 289 g/mol. The number of carbonyl (C=O) groups is 1. The van der Waals surface area contributed by atoms with Gasteiger partial charge in [0.2, 0.25) is 0 Å². The maximum atomic E-state index is 12.8. The van der Waals surface area contributed by atoms with Gasteiger partial charge in [-0.25, -0.2) is 0 Å². The Bertz CT molecular complexity index is 633. The molecule has 2 aromatic rings. The van der Waals surface area contributed by atoms with Gasteiger partial charge in [0.05, 0.1) is 10.4 Å². The Kier molecular flexibility index (Phi) is 3.61. The second-order valence-electron chi connectivity index (χ2n) is 5.30. The summed E-state index contributed by atoms with van der Waals surface area (Å²) in [5.41, 5.74) is 6.77. The van der Waals surface area contributed by atoms with Crippen LogP contribution < -0.4 is 5.73 Å². The van der Waals surface area contributed by atoms with Gasteiger partial charge in [-0.05, 0) is 25.3 Å². The number of anilines is 1. The zero-order chi connectivity index (χ0) is 14.1. The molecule has 0 spiro atoms. The lowest BCUT2D eigenvalue weighted by molar-refractivity contribution is 0.0746. The quantitative estimate of drug-likeness (QED) is 0.919. The number of aromatic nitrogens is 1. The van der Waals surface area contributed by atoms with Gasteiger partial charge in [0, 0.05) is 30.4 Å². The lowest BCUT2D eigenvalue weighted by Gasteiger charge is -2.21. The number of nitrogens with zero attached hydrogens (tertiary/aromatic N) is 2. The van der Waals surface area contributed by atoms with Gasteiger partial charge in [0.1, 0.15) is 4.88 Å². The SMILES string of the molecule is CCCCN(C(=O)c1sc2cnccc2c1N)C1CC1. The maximum absolute atomic E-state index is 12.8. The van der Waals surface area contributed by atoms with Crippen molar-refractivity contribution in [3.8, 4) is 0 Å². The smallest absolute Gasteiger partial charge is 0.266 e. The monoisotopic (exact) mass is 289 g/mol. The molecule has 106 valence electrons. The zero-order valence-electron chi connectivity index (χ0n) is 11.6. The van der Waals surface area contributed by atoms with Crippen LogP contribution in [0.4, 0.5) is 5.69 Å². The Balaban J connectivity index is 1.92. The molecule has 0 aliphatic heterocycles. The van der Waals surface area contributed by atoms with E-state index in [1.165, 1.54) is 11.3 Å². The first-order valence-corrected chi connectivity index (χ1v) is 7.97. The molecular formula is C15H19N3OS. The van der Waals surface area contributed by atoms with Crippen LogP contribution >= 0.6 is 11.3 Å². The molecule has 2 heterocycles. The van der Waals surface area contributed by atoms with E-state index in [2.05, 4.69) is 11.9 Å². The number of nitrogen functional groups attached to an aromatic ring is 1. The zero-order valence-corrected chi connectivity index (χ0v) is 12.4. The minimum atomic E-state index is 0.0969. The first kappa shape index (κ1) is 13.4. The standard InChI is InChI=1S/C15H19N3OS/c1-2-3-8-18(10-4-5-10)15(19)14-13(16)11-6-7-17-9-12(11)20-14/h6-7,9-10H,2-5,8,16H2,1H3. The molecule has 2 N–H and O–H groups in total. The van der Waals surface area contributed by atoms with Crippen molar-refractivity contribution < 1.29 is 4.79 Å². The van der Waals surface area contributed by atoms with Crippen molar-refractivity contribution in [1.82, 2.24) is 9.88 Å². The predicted molar refractivity (Wildman–Crippen MR) is 83.0 cm³/mol. The minimum absolute atomic E-state index is 0.0969. The van der Waals surface area contributed by atoms with Crippen molar-refractivity contribution in [3.63, 3.8) is 0 Å². The maximum Gasteiger partial charge on any atom is 0.266 e. The molecule has 5 heteroatoms. The third kappa shape index (κ3) is 2.38. The van der Waals surface area contributed by atoms with Gasteiger partial charge in [-0.15, -0.1) is 11.3 Å². The fraction of sp³-hybridized carbons (Fsp3) is 0.467. The summed E-state index contributed by atoms with van der Waals surface area (Å²) < 4.78 is 0.986. The summed E-state index contributed by atoms with van der Waals surface area (Å²) in [7, 11) is 0. The minimum Gasteiger partial charge on any atom is -0.397 e. The van der Waals surface area contributed by atoms with Crippen LogP contribution in [0.3, 0.4) is 0 Å². The molecule has 1 saturated carbocycles. The summed E-state index contributed by atoms with van der Waals surface area (Å²) in [4.78, 5) is 19.5. The van der Waals surface area contributed by atoms with Crippen molar-refractivity contribution in [2.75, 3.05) is 12.3 Å². The van der Waals surface area contributed by atoms with Gasteiger partial charge < -0.3 is 10.6 Å². The Labute approximate surface area is 122 Å². The number of carbonyl (C=O) groups excluding carboxylic acids is 1. The van der Waals surface area contributed by atoms with Crippen LogP contribution in [0, 0.1) is 0 Å². The largest absolute Gasteiger partial charge is 0.397 e. The molecule has 1 amide bonds. The summed E-state index contributed by atoms with van der Waals surface area (Å²) in [5.74, 6) is 0.0969. The van der Waals surface area contributed by atoms with E-state index in [1.54, 1.807) is 12.4 Å². The highest BCUT2D eigenvalue weighted by molar-refractivity contribution is 7.21. The van der Waals surface area contributed by atoms with Crippen LogP contribution in [-0.2, 0) is 0 Å². The molecule has 0 radical (unpaired) electrons. The van der Waals surface area contributed by atoms with Gasteiger partial charge in [0.25, 0.3) is 5.91 Å². The summed E-state index contributed by atoms with van der Waals surface area (Å²) >= 11 is 1.46. The number of fused-ring (bicyclic) bond motifs is 1. The van der Waals surface area contributed by atoms with Crippen molar-refractivity contribution in [2.45, 2.75) is 38.6 Å². The number of thiophene rings is 1. The van der Waals surface area contributed by atoms with Crippen LogP contribution in [0.15, 0.2) is 18.5 Å². The van der Waals surface area contributed by atoms with Crippen molar-refractivity contribution in [2.24, 2.45) is 0 Å². The highest BCUT2D eigenvalue weighted by Crippen LogP contribution is 2.36. The topological polar surface area (TPSA) is 59.2 Å². The van der Waals surface area contributed by atoms with E-state index in [1.807, 2.05) is 11.0 Å². The number of amides is 1. The number of rotatable bonds is 5. The molecule has 0 atom stereocenters. The van der Waals surface area contributed by atoms with E-state index in [9.17, 15) is 4.79 Å². The van der Waals surface area contributed by atoms with Crippen molar-refractivity contribution in [3.05, 3.63) is 23.3 Å². The van der Waals surface area contributed by atoms with Crippen molar-refractivity contribution >= 4 is 33.0 Å². The normalized spacial score (nSPS) is 14.7. The van der Waals surface area contributed by atoms with Crippen LogP contribution in [0.1, 0.15) is 42.3 Å². The van der Waals surface area contributed by atoms with Gasteiger partial charge >= 0.3 is 0 Å². The lowest BCUT2D eigenvalue weighted by Crippen LogP contribution is -2.33. The molecule has 1 aliphatic carbocycles. The van der Waals surface area contributed by atoms with E-state index >= 15 is 0 Å². The van der Waals surface area contributed by atoms with E-state index < -0.39 is 0 Å². The molecule has 3 rings (SSSR count). The number of hydrogen-bond donors (Lipinski definition) is 1. The average Bonchev–Trinajstić information content (AvgIpc) is 3.24. The molecule has 1 aliphatic rings. The molecule has 20 heavy (non-hydrogen) atoms. The van der Waals surface area contributed by atoms with Gasteiger partial charge in [0.15, 0.2) is 0 Å². The van der Waals surface area contributed by atoms with Crippen LogP contribution in [0.25, 0.3) is 10.1 Å².